The van der Waals surface area contributed by atoms with Crippen LogP contribution in [0.3, 0.4) is 0 Å². The van der Waals surface area contributed by atoms with E-state index >= 15 is 0 Å². The van der Waals surface area contributed by atoms with Gasteiger partial charge in [0.1, 0.15) is 5.82 Å². The first kappa shape index (κ1) is 14.9. The van der Waals surface area contributed by atoms with Crippen LogP contribution >= 0.6 is 0 Å². The molecular weight excluding hydrogens is 229 g/mol. The molecule has 0 aliphatic heterocycles. The van der Waals surface area contributed by atoms with Crippen LogP contribution in [-0.4, -0.2) is 29.7 Å². The number of aliphatic hydroxyl groups excluding tert-OH is 1. The minimum atomic E-state index is -0.310. The molecule has 0 radical (unpaired) electrons. The Morgan fingerprint density at radius 2 is 2.06 bits per heavy atom. The number of hydrogen-bond acceptors (Lipinski definition) is 2. The van der Waals surface area contributed by atoms with Crippen molar-refractivity contribution in [2.45, 2.75) is 31.9 Å². The van der Waals surface area contributed by atoms with Gasteiger partial charge >= 0.3 is 0 Å². The molecule has 0 amide bonds. The van der Waals surface area contributed by atoms with Crippen LogP contribution in [-0.2, 0) is 6.54 Å². The van der Waals surface area contributed by atoms with Gasteiger partial charge < -0.3 is 5.11 Å². The van der Waals surface area contributed by atoms with Gasteiger partial charge in [-0.15, -0.1) is 6.58 Å². The van der Waals surface area contributed by atoms with Gasteiger partial charge in [0.15, 0.2) is 0 Å². The highest BCUT2D eigenvalue weighted by molar-refractivity contribution is 5.15. The minimum absolute atomic E-state index is 0.217. The summed E-state index contributed by atoms with van der Waals surface area (Å²) in [6.07, 6.45) is 4.26. The number of halogens is 1. The quantitative estimate of drug-likeness (QED) is 0.567. The molecule has 0 aromatic heterocycles. The van der Waals surface area contributed by atoms with Crippen molar-refractivity contribution < 1.29 is 9.50 Å². The van der Waals surface area contributed by atoms with E-state index in [4.69, 9.17) is 0 Å². The Labute approximate surface area is 109 Å². The highest BCUT2D eigenvalue weighted by atomic mass is 19.1. The second-order valence-corrected chi connectivity index (χ2v) is 4.70. The molecule has 1 aromatic rings. The molecule has 0 bridgehead atoms. The smallest absolute Gasteiger partial charge is 0.123 e. The Hall–Kier alpha value is -1.19. The molecule has 1 aromatic carbocycles. The number of allylic oxidation sites excluding steroid dienone is 1. The molecule has 0 spiro atoms. The van der Waals surface area contributed by atoms with Gasteiger partial charge in [-0.25, -0.2) is 4.39 Å². The van der Waals surface area contributed by atoms with Crippen LogP contribution in [0.5, 0.6) is 0 Å². The fraction of sp³-hybridized carbons (Fsp3) is 0.467. The van der Waals surface area contributed by atoms with Gasteiger partial charge in [0.25, 0.3) is 0 Å². The third kappa shape index (κ3) is 5.94. The van der Waals surface area contributed by atoms with Gasteiger partial charge in [0.2, 0.25) is 0 Å². The normalized spacial score (nSPS) is 12.7. The maximum Gasteiger partial charge on any atom is 0.123 e. The summed E-state index contributed by atoms with van der Waals surface area (Å²) in [5.74, 6) is -0.217. The summed E-state index contributed by atoms with van der Waals surface area (Å²) in [4.78, 5) is 2.05. The number of nitrogens with zero attached hydrogens (tertiary/aromatic N) is 1. The Bertz CT molecular complexity index is 350. The summed E-state index contributed by atoms with van der Waals surface area (Å²) >= 11 is 0. The molecule has 3 heteroatoms. The first-order valence-electron chi connectivity index (χ1n) is 6.33. The molecule has 0 heterocycles. The van der Waals surface area contributed by atoms with E-state index in [1.54, 1.807) is 12.1 Å². The molecule has 18 heavy (non-hydrogen) atoms. The highest BCUT2D eigenvalue weighted by Crippen LogP contribution is 2.08. The maximum atomic E-state index is 12.7. The largest absolute Gasteiger partial charge is 0.392 e. The first-order chi connectivity index (χ1) is 8.61. The van der Waals surface area contributed by atoms with E-state index in [9.17, 15) is 9.50 Å². The third-order valence-electron chi connectivity index (χ3n) is 2.83. The maximum absolute atomic E-state index is 12.7. The van der Waals surface area contributed by atoms with Crippen LogP contribution < -0.4 is 0 Å². The molecule has 0 aliphatic carbocycles. The van der Waals surface area contributed by atoms with Crippen molar-refractivity contribution in [2.75, 3.05) is 13.6 Å². The SMILES string of the molecule is C=CCCCC(O)CN(C)Cc1ccc(F)cc1. The Morgan fingerprint density at radius 1 is 1.39 bits per heavy atom. The first-order valence-corrected chi connectivity index (χ1v) is 6.33. The molecule has 0 saturated heterocycles. The lowest BCUT2D eigenvalue weighted by Crippen LogP contribution is -2.28. The molecule has 0 saturated carbocycles. The summed E-state index contributed by atoms with van der Waals surface area (Å²) in [7, 11) is 1.96. The van der Waals surface area contributed by atoms with Crippen LogP contribution in [0.25, 0.3) is 0 Å². The standard InChI is InChI=1S/C15H22FNO/c1-3-4-5-6-15(18)12-17(2)11-13-7-9-14(16)10-8-13/h3,7-10,15,18H,1,4-6,11-12H2,2H3. The van der Waals surface area contributed by atoms with Crippen LogP contribution in [0.1, 0.15) is 24.8 Å². The van der Waals surface area contributed by atoms with Gasteiger partial charge in [0.05, 0.1) is 6.10 Å². The summed E-state index contributed by atoms with van der Waals surface area (Å²) in [5, 5.41) is 9.83. The lowest BCUT2D eigenvalue weighted by molar-refractivity contribution is 0.113. The number of aliphatic hydroxyl groups is 1. The summed E-state index contributed by atoms with van der Waals surface area (Å²) in [6.45, 7) is 5.01. The van der Waals surface area contributed by atoms with Gasteiger partial charge in [-0.3, -0.25) is 4.90 Å². The second-order valence-electron chi connectivity index (χ2n) is 4.70. The fourth-order valence-corrected chi connectivity index (χ4v) is 1.91. The zero-order chi connectivity index (χ0) is 13.4. The highest BCUT2D eigenvalue weighted by Gasteiger charge is 2.08. The number of rotatable bonds is 8. The summed E-state index contributed by atoms with van der Waals surface area (Å²) in [6, 6.07) is 6.47. The van der Waals surface area contributed by atoms with E-state index in [2.05, 4.69) is 6.58 Å². The van der Waals surface area contributed by atoms with Crippen molar-refractivity contribution in [2.24, 2.45) is 0 Å². The van der Waals surface area contributed by atoms with Crippen molar-refractivity contribution in [1.29, 1.82) is 0 Å². The summed E-state index contributed by atoms with van der Waals surface area (Å²) in [5.41, 5.74) is 1.05. The van der Waals surface area contributed by atoms with Crippen molar-refractivity contribution in [3.05, 3.63) is 48.3 Å². The molecule has 0 fully saturated rings. The molecule has 0 aliphatic rings. The Morgan fingerprint density at radius 3 is 2.67 bits per heavy atom. The van der Waals surface area contributed by atoms with E-state index in [0.29, 0.717) is 6.54 Å². The average Bonchev–Trinajstić information content (AvgIpc) is 2.32. The predicted molar refractivity (Wildman–Crippen MR) is 72.8 cm³/mol. The average molecular weight is 251 g/mol. The molecule has 100 valence electrons. The molecule has 1 atom stereocenters. The number of benzene rings is 1. The van der Waals surface area contributed by atoms with E-state index in [1.807, 2.05) is 18.0 Å². The second kappa shape index (κ2) is 8.01. The van der Waals surface area contributed by atoms with Crippen molar-refractivity contribution in [3.8, 4) is 0 Å². The van der Waals surface area contributed by atoms with E-state index in [-0.39, 0.29) is 11.9 Å². The zero-order valence-electron chi connectivity index (χ0n) is 11.0. The van der Waals surface area contributed by atoms with Crippen LogP contribution in [0.15, 0.2) is 36.9 Å². The molecule has 1 N–H and O–H groups in total. The molecule has 1 unspecified atom stereocenters. The third-order valence-corrected chi connectivity index (χ3v) is 2.83. The Balaban J connectivity index is 2.29. The lowest BCUT2D eigenvalue weighted by atomic mass is 10.1. The van der Waals surface area contributed by atoms with E-state index in [1.165, 1.54) is 12.1 Å². The lowest BCUT2D eigenvalue weighted by Gasteiger charge is -2.20. The van der Waals surface area contributed by atoms with Gasteiger partial charge in [0, 0.05) is 13.1 Å². The molecule has 1 rings (SSSR count). The topological polar surface area (TPSA) is 23.5 Å². The van der Waals surface area contributed by atoms with Gasteiger partial charge in [-0.05, 0) is 44.0 Å². The summed E-state index contributed by atoms with van der Waals surface area (Å²) < 4.78 is 12.7. The zero-order valence-corrected chi connectivity index (χ0v) is 11.0. The van der Waals surface area contributed by atoms with E-state index in [0.717, 1.165) is 31.4 Å². The van der Waals surface area contributed by atoms with Crippen molar-refractivity contribution in [3.63, 3.8) is 0 Å². The van der Waals surface area contributed by atoms with Crippen LogP contribution in [0.4, 0.5) is 4.39 Å². The number of unbranched alkanes of at least 4 members (excludes halogenated alkanes) is 1. The number of likely N-dealkylation sites (N-methyl/N-ethyl adjacent to an activating group) is 1. The van der Waals surface area contributed by atoms with Crippen molar-refractivity contribution >= 4 is 0 Å². The van der Waals surface area contributed by atoms with Gasteiger partial charge in [-0.2, -0.15) is 0 Å². The van der Waals surface area contributed by atoms with Gasteiger partial charge in [-0.1, -0.05) is 18.2 Å². The Kier molecular flexibility index (Phi) is 6.61. The minimum Gasteiger partial charge on any atom is -0.392 e. The molecular formula is C15H22FNO. The van der Waals surface area contributed by atoms with E-state index < -0.39 is 0 Å². The number of hydrogen-bond donors (Lipinski definition) is 1. The van der Waals surface area contributed by atoms with Crippen LogP contribution in [0.2, 0.25) is 0 Å². The monoisotopic (exact) mass is 251 g/mol. The van der Waals surface area contributed by atoms with Crippen LogP contribution in [0, 0.1) is 5.82 Å². The fourth-order valence-electron chi connectivity index (χ4n) is 1.91. The predicted octanol–water partition coefficient (Wildman–Crippen LogP) is 2.97. The molecule has 2 nitrogen and oxygen atoms in total. The van der Waals surface area contributed by atoms with Crippen molar-refractivity contribution in [1.82, 2.24) is 4.90 Å².